The molecule has 1 saturated heterocycles. The van der Waals surface area contributed by atoms with Gasteiger partial charge in [0.1, 0.15) is 5.75 Å². The lowest BCUT2D eigenvalue weighted by Gasteiger charge is -2.41. The van der Waals surface area contributed by atoms with Crippen molar-refractivity contribution in [2.24, 2.45) is 5.41 Å². The number of fused-ring (bicyclic) bond motifs is 1. The van der Waals surface area contributed by atoms with Crippen LogP contribution >= 0.6 is 23.4 Å². The topological polar surface area (TPSA) is 82.9 Å². The van der Waals surface area contributed by atoms with E-state index in [0.29, 0.717) is 29.2 Å². The number of aromatic nitrogens is 1. The van der Waals surface area contributed by atoms with E-state index in [1.165, 1.54) is 10.5 Å². The zero-order valence-corrected chi connectivity index (χ0v) is 23.0. The lowest BCUT2D eigenvalue weighted by molar-refractivity contribution is -0.141. The number of halogens is 1. The lowest BCUT2D eigenvalue weighted by Crippen LogP contribution is -2.42. The molecule has 0 radical (unpaired) electrons. The molecule has 2 N–H and O–H groups in total. The second-order valence-corrected chi connectivity index (χ2v) is 11.5. The highest BCUT2D eigenvalue weighted by atomic mass is 35.5. The van der Waals surface area contributed by atoms with E-state index in [-0.39, 0.29) is 11.8 Å². The fourth-order valence-electron chi connectivity index (χ4n) is 5.31. The second kappa shape index (κ2) is 12.5. The molecule has 1 aliphatic rings. The number of hydrogen-bond donors (Lipinski definition) is 2. The van der Waals surface area contributed by atoms with Gasteiger partial charge in [-0.1, -0.05) is 29.8 Å². The molecule has 3 aromatic rings. The molecule has 0 amide bonds. The highest BCUT2D eigenvalue weighted by molar-refractivity contribution is 7.99. The smallest absolute Gasteiger partial charge is 0.303 e. The van der Waals surface area contributed by atoms with E-state index in [0.717, 1.165) is 49.1 Å². The molecule has 1 fully saturated rings. The van der Waals surface area contributed by atoms with Gasteiger partial charge >= 0.3 is 5.97 Å². The molecule has 6 nitrogen and oxygen atoms in total. The minimum atomic E-state index is -0.820. The van der Waals surface area contributed by atoms with Crippen LogP contribution < -0.4 is 4.74 Å². The minimum Gasteiger partial charge on any atom is -0.497 e. The van der Waals surface area contributed by atoms with E-state index in [1.807, 2.05) is 30.0 Å². The van der Waals surface area contributed by atoms with Crippen molar-refractivity contribution in [1.29, 1.82) is 0 Å². The summed E-state index contributed by atoms with van der Waals surface area (Å²) in [5.41, 5.74) is 2.32. The summed E-state index contributed by atoms with van der Waals surface area (Å²) < 4.78 is 5.36. The molecule has 1 aromatic heterocycles. The molecule has 0 saturated carbocycles. The molecular weight excluding hydrogens is 508 g/mol. The van der Waals surface area contributed by atoms with Crippen molar-refractivity contribution in [2.45, 2.75) is 50.0 Å². The SMILES string of the molecule is COc1ccc2ncc(Cl)c([C@@H](O)CCC3(CC(=O)O)CCN(CCSc4ccccc4C)CC3)c2c1. The van der Waals surface area contributed by atoms with Crippen LogP contribution in [0.1, 0.15) is 49.3 Å². The number of hydrogen-bond acceptors (Lipinski definition) is 6. The first kappa shape index (κ1) is 27.7. The van der Waals surface area contributed by atoms with E-state index in [4.69, 9.17) is 16.3 Å². The van der Waals surface area contributed by atoms with Crippen molar-refractivity contribution >= 4 is 40.2 Å². The number of benzene rings is 2. The average molecular weight is 543 g/mol. The average Bonchev–Trinajstić information content (AvgIpc) is 2.89. The number of rotatable bonds is 11. The highest BCUT2D eigenvalue weighted by Gasteiger charge is 2.37. The Hall–Kier alpha value is -2.32. The first-order chi connectivity index (χ1) is 17.8. The summed E-state index contributed by atoms with van der Waals surface area (Å²) in [5.74, 6) is 0.891. The number of pyridine rings is 1. The van der Waals surface area contributed by atoms with Crippen molar-refractivity contribution < 1.29 is 19.7 Å². The van der Waals surface area contributed by atoms with Gasteiger partial charge in [-0.05, 0) is 80.9 Å². The number of carboxylic acids is 1. The Balaban J connectivity index is 1.39. The number of aliphatic hydroxyl groups is 1. The van der Waals surface area contributed by atoms with Crippen molar-refractivity contribution in [3.8, 4) is 5.75 Å². The number of piperidine rings is 1. The Labute approximate surface area is 228 Å². The van der Waals surface area contributed by atoms with E-state index < -0.39 is 12.1 Å². The molecule has 2 heterocycles. The molecule has 0 bridgehead atoms. The molecule has 2 aromatic carbocycles. The Morgan fingerprint density at radius 3 is 2.70 bits per heavy atom. The van der Waals surface area contributed by atoms with Gasteiger partial charge < -0.3 is 19.8 Å². The van der Waals surface area contributed by atoms with Gasteiger partial charge in [0.2, 0.25) is 0 Å². The number of aliphatic hydroxyl groups excluding tert-OH is 1. The van der Waals surface area contributed by atoms with Gasteiger partial charge in [-0.3, -0.25) is 9.78 Å². The summed E-state index contributed by atoms with van der Waals surface area (Å²) in [6.45, 7) is 4.85. The van der Waals surface area contributed by atoms with Gasteiger partial charge in [-0.2, -0.15) is 0 Å². The number of aryl methyl sites for hydroxylation is 1. The number of likely N-dealkylation sites (tertiary alicyclic amines) is 1. The summed E-state index contributed by atoms with van der Waals surface area (Å²) in [7, 11) is 1.60. The Bertz CT molecular complexity index is 1230. The molecular formula is C29H35ClN2O4S. The quantitative estimate of drug-likeness (QED) is 0.272. The van der Waals surface area contributed by atoms with E-state index in [2.05, 4.69) is 41.1 Å². The summed E-state index contributed by atoms with van der Waals surface area (Å²) in [6.07, 6.45) is 3.53. The molecule has 1 aliphatic heterocycles. The van der Waals surface area contributed by atoms with E-state index in [9.17, 15) is 15.0 Å². The molecule has 37 heavy (non-hydrogen) atoms. The number of carboxylic acid groups (broad SMARTS) is 1. The molecule has 0 unspecified atom stereocenters. The molecule has 8 heteroatoms. The molecule has 0 spiro atoms. The molecule has 1 atom stereocenters. The van der Waals surface area contributed by atoms with Gasteiger partial charge in [-0.15, -0.1) is 11.8 Å². The fourth-order valence-corrected chi connectivity index (χ4v) is 6.63. The van der Waals surface area contributed by atoms with Crippen LogP contribution in [0.2, 0.25) is 5.02 Å². The summed E-state index contributed by atoms with van der Waals surface area (Å²) in [6, 6.07) is 13.9. The first-order valence-electron chi connectivity index (χ1n) is 12.7. The maximum absolute atomic E-state index is 11.8. The third kappa shape index (κ3) is 6.96. The summed E-state index contributed by atoms with van der Waals surface area (Å²) >= 11 is 8.36. The lowest BCUT2D eigenvalue weighted by atomic mass is 9.71. The first-order valence-corrected chi connectivity index (χ1v) is 14.1. The second-order valence-electron chi connectivity index (χ2n) is 9.98. The minimum absolute atomic E-state index is 0.115. The largest absolute Gasteiger partial charge is 0.497 e. The van der Waals surface area contributed by atoms with Crippen molar-refractivity contribution in [3.05, 3.63) is 64.8 Å². The number of thioether (sulfide) groups is 1. The Morgan fingerprint density at radius 2 is 2.00 bits per heavy atom. The fraction of sp³-hybridized carbons (Fsp3) is 0.448. The Kier molecular flexibility index (Phi) is 9.35. The van der Waals surface area contributed by atoms with Crippen molar-refractivity contribution in [2.75, 3.05) is 32.5 Å². The van der Waals surface area contributed by atoms with Gasteiger partial charge in [0.15, 0.2) is 0 Å². The summed E-state index contributed by atoms with van der Waals surface area (Å²) in [5, 5.41) is 22.1. The van der Waals surface area contributed by atoms with Gasteiger partial charge in [0.25, 0.3) is 0 Å². The Morgan fingerprint density at radius 1 is 1.24 bits per heavy atom. The number of methoxy groups -OCH3 is 1. The van der Waals surface area contributed by atoms with Crippen molar-refractivity contribution in [3.63, 3.8) is 0 Å². The maximum Gasteiger partial charge on any atom is 0.303 e. The van der Waals surface area contributed by atoms with E-state index in [1.54, 1.807) is 13.3 Å². The molecule has 4 rings (SSSR count). The predicted octanol–water partition coefficient (Wildman–Crippen LogP) is 6.37. The predicted molar refractivity (Wildman–Crippen MR) is 150 cm³/mol. The van der Waals surface area contributed by atoms with Crippen LogP contribution in [0.3, 0.4) is 0 Å². The number of aliphatic carboxylic acids is 1. The standard InChI is InChI=1S/C29H35ClN2O4S/c1-20-5-3-4-6-26(20)37-16-15-32-13-11-29(12-14-32,18-27(34)35)10-9-25(33)28-22-17-21(36-2)7-8-24(22)31-19-23(28)30/h3-8,17,19,25,33H,9-16,18H2,1-2H3,(H,34,35)/t25-/m0/s1. The molecule has 198 valence electrons. The van der Waals surface area contributed by atoms with Crippen LogP contribution in [0.4, 0.5) is 0 Å². The highest BCUT2D eigenvalue weighted by Crippen LogP contribution is 2.43. The normalized spacial score (nSPS) is 16.5. The van der Waals surface area contributed by atoms with Gasteiger partial charge in [0, 0.05) is 34.3 Å². The third-order valence-electron chi connectivity index (χ3n) is 7.55. The zero-order chi connectivity index (χ0) is 26.4. The number of nitrogens with zero attached hydrogens (tertiary/aromatic N) is 2. The third-order valence-corrected chi connectivity index (χ3v) is 9.01. The zero-order valence-electron chi connectivity index (χ0n) is 21.5. The van der Waals surface area contributed by atoms with Crippen molar-refractivity contribution in [1.82, 2.24) is 9.88 Å². The van der Waals surface area contributed by atoms with Crippen LogP contribution in [0.5, 0.6) is 5.75 Å². The van der Waals surface area contributed by atoms with Crippen LogP contribution in [-0.4, -0.2) is 58.6 Å². The monoisotopic (exact) mass is 542 g/mol. The van der Waals surface area contributed by atoms with Crippen LogP contribution in [-0.2, 0) is 4.79 Å². The maximum atomic E-state index is 11.8. The number of ether oxygens (including phenoxy) is 1. The van der Waals surface area contributed by atoms with Gasteiger partial charge in [0.05, 0.1) is 30.2 Å². The summed E-state index contributed by atoms with van der Waals surface area (Å²) in [4.78, 5) is 19.9. The van der Waals surface area contributed by atoms with Crippen LogP contribution in [0.25, 0.3) is 10.9 Å². The van der Waals surface area contributed by atoms with Gasteiger partial charge in [-0.25, -0.2) is 0 Å². The van der Waals surface area contributed by atoms with E-state index >= 15 is 0 Å². The molecule has 0 aliphatic carbocycles. The number of carbonyl (C=O) groups is 1. The van der Waals surface area contributed by atoms with Crippen LogP contribution in [0.15, 0.2) is 53.6 Å². The van der Waals surface area contributed by atoms with Crippen LogP contribution in [0, 0.1) is 12.3 Å².